The van der Waals surface area contributed by atoms with Gasteiger partial charge in [0.25, 0.3) is 0 Å². The molecular weight excluding hydrogens is 172 g/mol. The largest absolute Gasteiger partial charge is 0.368 e. The topological polar surface area (TPSA) is 64.7 Å². The van der Waals surface area contributed by atoms with Crippen molar-refractivity contribution in [3.63, 3.8) is 0 Å². The van der Waals surface area contributed by atoms with Crippen LogP contribution in [0.5, 0.6) is 0 Å². The van der Waals surface area contributed by atoms with E-state index < -0.39 is 0 Å². The van der Waals surface area contributed by atoms with E-state index in [-0.39, 0.29) is 5.95 Å². The number of nitrogens with zero attached hydrogens (tertiary/aromatic N) is 3. The first-order valence-corrected chi connectivity index (χ1v) is 4.22. The van der Waals surface area contributed by atoms with E-state index in [0.717, 1.165) is 4.88 Å². The molecule has 0 atom stereocenters. The molecule has 0 bridgehead atoms. The molecule has 0 radical (unpaired) electrons. The molecule has 0 spiro atoms. The van der Waals surface area contributed by atoms with Gasteiger partial charge < -0.3 is 5.73 Å². The van der Waals surface area contributed by atoms with E-state index in [1.807, 2.05) is 17.5 Å². The van der Waals surface area contributed by atoms with Crippen molar-refractivity contribution in [3.8, 4) is 10.7 Å². The summed E-state index contributed by atoms with van der Waals surface area (Å²) in [5.74, 6) is 0.894. The van der Waals surface area contributed by atoms with Crippen molar-refractivity contribution < 1.29 is 0 Å². The van der Waals surface area contributed by atoms with E-state index in [0.29, 0.717) is 5.82 Å². The fourth-order valence-corrected chi connectivity index (χ4v) is 1.50. The Labute approximate surface area is 73.1 Å². The van der Waals surface area contributed by atoms with Crippen molar-refractivity contribution >= 4 is 17.3 Å². The Morgan fingerprint density at radius 3 is 2.92 bits per heavy atom. The van der Waals surface area contributed by atoms with Crippen LogP contribution in [0.25, 0.3) is 10.7 Å². The molecule has 2 aromatic heterocycles. The van der Waals surface area contributed by atoms with E-state index in [1.165, 1.54) is 6.33 Å². The van der Waals surface area contributed by atoms with Gasteiger partial charge in [0.15, 0.2) is 5.82 Å². The lowest BCUT2D eigenvalue weighted by molar-refractivity contribution is 1.08. The molecule has 0 saturated carbocycles. The van der Waals surface area contributed by atoms with Crippen molar-refractivity contribution in [1.29, 1.82) is 0 Å². The minimum absolute atomic E-state index is 0.258. The second kappa shape index (κ2) is 2.86. The smallest absolute Gasteiger partial charge is 0.223 e. The van der Waals surface area contributed by atoms with E-state index >= 15 is 0 Å². The quantitative estimate of drug-likeness (QED) is 0.712. The van der Waals surface area contributed by atoms with Gasteiger partial charge in [-0.25, -0.2) is 9.97 Å². The molecule has 0 saturated heterocycles. The summed E-state index contributed by atoms with van der Waals surface area (Å²) in [7, 11) is 0. The van der Waals surface area contributed by atoms with Crippen LogP contribution in [0.4, 0.5) is 5.95 Å². The molecule has 0 unspecified atom stereocenters. The van der Waals surface area contributed by atoms with Crippen LogP contribution in [0, 0.1) is 0 Å². The van der Waals surface area contributed by atoms with Gasteiger partial charge in [0.05, 0.1) is 4.88 Å². The standard InChI is InChI=1S/C7H6N4S/c8-7-10-4-9-6(11-7)5-2-1-3-12-5/h1-4H,(H2,8,9,10,11). The first-order valence-electron chi connectivity index (χ1n) is 3.34. The number of nitrogens with two attached hydrogens (primary N) is 1. The number of hydrogen-bond acceptors (Lipinski definition) is 5. The number of thiophene rings is 1. The summed E-state index contributed by atoms with van der Waals surface area (Å²) in [6.45, 7) is 0. The lowest BCUT2D eigenvalue weighted by Crippen LogP contribution is -1.96. The highest BCUT2D eigenvalue weighted by Gasteiger charge is 2.01. The van der Waals surface area contributed by atoms with Crippen molar-refractivity contribution in [2.75, 3.05) is 5.73 Å². The van der Waals surface area contributed by atoms with Crippen molar-refractivity contribution in [1.82, 2.24) is 15.0 Å². The molecule has 5 heteroatoms. The zero-order valence-corrected chi connectivity index (χ0v) is 6.95. The van der Waals surface area contributed by atoms with Crippen LogP contribution in [0.2, 0.25) is 0 Å². The molecular formula is C7H6N4S. The average Bonchev–Trinajstić information content (AvgIpc) is 2.56. The van der Waals surface area contributed by atoms with Crippen molar-refractivity contribution in [2.45, 2.75) is 0 Å². The van der Waals surface area contributed by atoms with E-state index in [1.54, 1.807) is 11.3 Å². The van der Waals surface area contributed by atoms with Gasteiger partial charge in [-0.1, -0.05) is 6.07 Å². The second-order valence-corrected chi connectivity index (χ2v) is 3.09. The monoisotopic (exact) mass is 178 g/mol. The summed E-state index contributed by atoms with van der Waals surface area (Å²) < 4.78 is 0. The maximum Gasteiger partial charge on any atom is 0.223 e. The SMILES string of the molecule is Nc1ncnc(-c2cccs2)n1. The molecule has 4 nitrogen and oxygen atoms in total. The molecule has 0 aliphatic rings. The van der Waals surface area contributed by atoms with Crippen LogP contribution in [0.3, 0.4) is 0 Å². The molecule has 0 aliphatic heterocycles. The van der Waals surface area contributed by atoms with Gasteiger partial charge in [-0.2, -0.15) is 4.98 Å². The van der Waals surface area contributed by atoms with E-state index in [2.05, 4.69) is 15.0 Å². The summed E-state index contributed by atoms with van der Waals surface area (Å²) in [4.78, 5) is 12.7. The van der Waals surface area contributed by atoms with Crippen LogP contribution >= 0.6 is 11.3 Å². The third-order valence-electron chi connectivity index (χ3n) is 1.33. The highest BCUT2D eigenvalue weighted by atomic mass is 32.1. The normalized spacial score (nSPS) is 10.0. The molecule has 60 valence electrons. The summed E-state index contributed by atoms with van der Waals surface area (Å²) in [6, 6.07) is 3.89. The zero-order valence-electron chi connectivity index (χ0n) is 6.14. The number of anilines is 1. The van der Waals surface area contributed by atoms with Crippen LogP contribution in [0.1, 0.15) is 0 Å². The van der Waals surface area contributed by atoms with Crippen LogP contribution in [-0.4, -0.2) is 15.0 Å². The lowest BCUT2D eigenvalue weighted by atomic mass is 10.4. The Morgan fingerprint density at radius 2 is 2.25 bits per heavy atom. The summed E-state index contributed by atoms with van der Waals surface area (Å²) in [6.07, 6.45) is 1.41. The van der Waals surface area contributed by atoms with Gasteiger partial charge in [0, 0.05) is 0 Å². The first kappa shape index (κ1) is 7.17. The molecule has 0 amide bonds. The molecule has 0 aliphatic carbocycles. The Balaban J connectivity index is 2.48. The summed E-state index contributed by atoms with van der Waals surface area (Å²) >= 11 is 1.58. The third kappa shape index (κ3) is 1.26. The predicted molar refractivity (Wildman–Crippen MR) is 47.6 cm³/mol. The summed E-state index contributed by atoms with van der Waals surface area (Å²) in [5.41, 5.74) is 5.41. The van der Waals surface area contributed by atoms with E-state index in [9.17, 15) is 0 Å². The number of nitrogen functional groups attached to an aromatic ring is 1. The van der Waals surface area contributed by atoms with Gasteiger partial charge in [-0.3, -0.25) is 0 Å². The lowest BCUT2D eigenvalue weighted by Gasteiger charge is -1.94. The van der Waals surface area contributed by atoms with Crippen molar-refractivity contribution in [2.24, 2.45) is 0 Å². The van der Waals surface area contributed by atoms with Crippen LogP contribution < -0.4 is 5.73 Å². The van der Waals surface area contributed by atoms with Crippen molar-refractivity contribution in [3.05, 3.63) is 23.8 Å². The van der Waals surface area contributed by atoms with Gasteiger partial charge >= 0.3 is 0 Å². The highest BCUT2D eigenvalue weighted by molar-refractivity contribution is 7.13. The number of rotatable bonds is 1. The molecule has 2 rings (SSSR count). The minimum Gasteiger partial charge on any atom is -0.368 e. The molecule has 12 heavy (non-hydrogen) atoms. The minimum atomic E-state index is 0.258. The molecule has 2 heterocycles. The zero-order chi connectivity index (χ0) is 8.39. The van der Waals surface area contributed by atoms with Gasteiger partial charge in [-0.15, -0.1) is 11.3 Å². The average molecular weight is 178 g/mol. The maximum atomic E-state index is 5.41. The third-order valence-corrected chi connectivity index (χ3v) is 2.20. The van der Waals surface area contributed by atoms with Gasteiger partial charge in [-0.05, 0) is 11.4 Å². The Morgan fingerprint density at radius 1 is 1.33 bits per heavy atom. The molecule has 2 aromatic rings. The number of hydrogen-bond donors (Lipinski definition) is 1. The van der Waals surface area contributed by atoms with E-state index in [4.69, 9.17) is 5.73 Å². The highest BCUT2D eigenvalue weighted by Crippen LogP contribution is 2.19. The fraction of sp³-hybridized carbons (Fsp3) is 0. The fourth-order valence-electron chi connectivity index (χ4n) is 0.833. The molecule has 0 fully saturated rings. The molecule has 0 aromatic carbocycles. The Bertz CT molecular complexity index is 371. The Kier molecular flexibility index (Phi) is 1.71. The van der Waals surface area contributed by atoms with Crippen LogP contribution in [0.15, 0.2) is 23.8 Å². The van der Waals surface area contributed by atoms with Gasteiger partial charge in [0.1, 0.15) is 6.33 Å². The van der Waals surface area contributed by atoms with Gasteiger partial charge in [0.2, 0.25) is 5.95 Å². The van der Waals surface area contributed by atoms with Crippen LogP contribution in [-0.2, 0) is 0 Å². The Hall–Kier alpha value is -1.49. The first-order chi connectivity index (χ1) is 5.86. The summed E-state index contributed by atoms with van der Waals surface area (Å²) in [5, 5.41) is 1.97. The number of aromatic nitrogens is 3. The predicted octanol–water partition coefficient (Wildman–Crippen LogP) is 1.18. The maximum absolute atomic E-state index is 5.41. The molecule has 2 N–H and O–H groups in total. The second-order valence-electron chi connectivity index (χ2n) is 2.14.